The summed E-state index contributed by atoms with van der Waals surface area (Å²) in [6, 6.07) is 8.87. The predicted octanol–water partition coefficient (Wildman–Crippen LogP) is 3.53. The van der Waals surface area contributed by atoms with Crippen LogP contribution in [0.15, 0.2) is 34.9 Å². The number of hydrogen-bond donors (Lipinski definition) is 0. The van der Waals surface area contributed by atoms with E-state index in [9.17, 15) is 13.2 Å². The van der Waals surface area contributed by atoms with E-state index in [-0.39, 0.29) is 4.46 Å². The van der Waals surface area contributed by atoms with Gasteiger partial charge < -0.3 is 0 Å². The molecule has 0 amide bonds. The Morgan fingerprint density at radius 2 is 1.90 bits per heavy atom. The molecule has 0 bridgehead atoms. The summed E-state index contributed by atoms with van der Waals surface area (Å²) in [6.07, 6.45) is 2.20. The molecule has 0 unspecified atom stereocenters. The van der Waals surface area contributed by atoms with Gasteiger partial charge in [-0.05, 0) is 0 Å². The fourth-order valence-corrected chi connectivity index (χ4v) is 3.36. The van der Waals surface area contributed by atoms with Crippen LogP contribution in [0.3, 0.4) is 0 Å². The zero-order valence-electron chi connectivity index (χ0n) is 10.9. The zero-order valence-corrected chi connectivity index (χ0v) is 12.6. The molecule has 0 radical (unpaired) electrons. The number of benzene rings is 1. The molecule has 1 heterocycles. The molecule has 0 saturated carbocycles. The number of hydrogen-bond acceptors (Lipinski definition) is 2. The van der Waals surface area contributed by atoms with E-state index in [1.165, 1.54) is 0 Å². The molecule has 2 aromatic rings. The maximum absolute atomic E-state index is 12.8. The molecule has 0 aliphatic carbocycles. The second kappa shape index (κ2) is 6.46. The third-order valence-corrected chi connectivity index (χ3v) is 4.54. The summed E-state index contributed by atoms with van der Waals surface area (Å²) in [7, 11) is 0. The summed E-state index contributed by atoms with van der Waals surface area (Å²) in [5.74, 6) is 0.378. The summed E-state index contributed by atoms with van der Waals surface area (Å²) < 4.78 is 43.7. The SMILES string of the molecule is CCCCc1onc(-c2ccccc2)c1[Se]C(F)(F)F. The monoisotopic (exact) mass is 349 g/mol. The standard InChI is InChI=1S/C14H14F3NOSe/c1-2-3-9-11-13(20-14(15,16)17)12(18-19-11)10-7-5-4-6-8-10/h4-8H,2-3,9H2,1H3. The normalized spacial score (nSPS) is 11.8. The molecule has 2 nitrogen and oxygen atoms in total. The quantitative estimate of drug-likeness (QED) is 0.773. The van der Waals surface area contributed by atoms with Crippen molar-refractivity contribution in [1.29, 1.82) is 0 Å². The van der Waals surface area contributed by atoms with Crippen molar-refractivity contribution in [3.8, 4) is 11.3 Å². The molecule has 0 aliphatic rings. The maximum atomic E-state index is 12.8. The van der Waals surface area contributed by atoms with Crippen LogP contribution in [0.5, 0.6) is 0 Å². The molecule has 108 valence electrons. The Balaban J connectivity index is 2.39. The van der Waals surface area contributed by atoms with Crippen LogP contribution < -0.4 is 4.46 Å². The van der Waals surface area contributed by atoms with Gasteiger partial charge in [-0.15, -0.1) is 0 Å². The molecule has 0 atom stereocenters. The number of aromatic nitrogens is 1. The van der Waals surface area contributed by atoms with Gasteiger partial charge in [0.25, 0.3) is 0 Å². The van der Waals surface area contributed by atoms with E-state index in [0.717, 1.165) is 12.8 Å². The minimum atomic E-state index is -4.21. The molecule has 0 fully saturated rings. The van der Waals surface area contributed by atoms with Crippen LogP contribution in [0.4, 0.5) is 13.2 Å². The van der Waals surface area contributed by atoms with Crippen LogP contribution in [-0.4, -0.2) is 25.2 Å². The fraction of sp³-hybridized carbons (Fsp3) is 0.357. The van der Waals surface area contributed by atoms with Crippen molar-refractivity contribution in [1.82, 2.24) is 5.16 Å². The first-order chi connectivity index (χ1) is 9.51. The number of unbranched alkanes of at least 4 members (excludes halogenated alkanes) is 1. The van der Waals surface area contributed by atoms with Crippen molar-refractivity contribution in [2.75, 3.05) is 0 Å². The molecule has 0 aliphatic heterocycles. The van der Waals surface area contributed by atoms with Crippen LogP contribution in [0.1, 0.15) is 25.5 Å². The van der Waals surface area contributed by atoms with Gasteiger partial charge in [0.15, 0.2) is 0 Å². The van der Waals surface area contributed by atoms with Gasteiger partial charge in [-0.2, -0.15) is 0 Å². The molecule has 1 aromatic carbocycles. The Hall–Kier alpha value is -1.26. The second-order valence-corrected chi connectivity index (χ2v) is 6.56. The summed E-state index contributed by atoms with van der Waals surface area (Å²) in [4.78, 5) is 0. The van der Waals surface area contributed by atoms with E-state index >= 15 is 0 Å². The van der Waals surface area contributed by atoms with E-state index in [4.69, 9.17) is 4.52 Å². The Morgan fingerprint density at radius 3 is 2.50 bits per heavy atom. The van der Waals surface area contributed by atoms with E-state index in [1.807, 2.05) is 13.0 Å². The Bertz CT molecular complexity index is 551. The molecule has 0 N–H and O–H groups in total. The molecule has 20 heavy (non-hydrogen) atoms. The topological polar surface area (TPSA) is 26.0 Å². The molecule has 6 heteroatoms. The van der Waals surface area contributed by atoms with Gasteiger partial charge in [-0.1, -0.05) is 0 Å². The number of halogens is 3. The predicted molar refractivity (Wildman–Crippen MR) is 72.0 cm³/mol. The first kappa shape index (κ1) is 15.1. The van der Waals surface area contributed by atoms with E-state index < -0.39 is 20.0 Å². The molecule has 2 rings (SSSR count). The third-order valence-electron chi connectivity index (χ3n) is 2.74. The molecule has 0 spiro atoms. The Morgan fingerprint density at radius 1 is 1.20 bits per heavy atom. The average molecular weight is 348 g/mol. The summed E-state index contributed by atoms with van der Waals surface area (Å²) >= 11 is -1.64. The Kier molecular flexibility index (Phi) is 4.89. The van der Waals surface area contributed by atoms with Crippen molar-refractivity contribution in [3.63, 3.8) is 0 Å². The summed E-state index contributed by atoms with van der Waals surface area (Å²) in [5, 5.41) is -0.341. The first-order valence-corrected chi connectivity index (χ1v) is 8.02. The fourth-order valence-electron chi connectivity index (χ4n) is 1.81. The van der Waals surface area contributed by atoms with Crippen molar-refractivity contribution >= 4 is 19.4 Å². The van der Waals surface area contributed by atoms with Gasteiger partial charge >= 0.3 is 121 Å². The van der Waals surface area contributed by atoms with Gasteiger partial charge in [-0.25, -0.2) is 0 Å². The van der Waals surface area contributed by atoms with Gasteiger partial charge in [0.05, 0.1) is 0 Å². The number of aryl methyl sites for hydroxylation is 1. The molecule has 0 saturated heterocycles. The minimum absolute atomic E-state index is 0.227. The van der Waals surface area contributed by atoms with Crippen LogP contribution >= 0.6 is 0 Å². The van der Waals surface area contributed by atoms with Crippen molar-refractivity contribution in [3.05, 3.63) is 36.1 Å². The third kappa shape index (κ3) is 3.87. The van der Waals surface area contributed by atoms with Crippen molar-refractivity contribution < 1.29 is 17.7 Å². The van der Waals surface area contributed by atoms with Crippen LogP contribution in [0.2, 0.25) is 0 Å². The number of alkyl halides is 3. The molecular weight excluding hydrogens is 334 g/mol. The summed E-state index contributed by atoms with van der Waals surface area (Å²) in [6.45, 7) is 1.99. The van der Waals surface area contributed by atoms with E-state index in [0.29, 0.717) is 23.4 Å². The van der Waals surface area contributed by atoms with Gasteiger partial charge in [0.1, 0.15) is 0 Å². The van der Waals surface area contributed by atoms with Crippen LogP contribution in [-0.2, 0) is 6.42 Å². The van der Waals surface area contributed by atoms with Crippen LogP contribution in [0.25, 0.3) is 11.3 Å². The summed E-state index contributed by atoms with van der Waals surface area (Å²) in [5.41, 5.74) is 0.995. The van der Waals surface area contributed by atoms with Gasteiger partial charge in [0.2, 0.25) is 0 Å². The Labute approximate surface area is 121 Å². The van der Waals surface area contributed by atoms with Gasteiger partial charge in [0, 0.05) is 0 Å². The second-order valence-electron chi connectivity index (χ2n) is 4.30. The van der Waals surface area contributed by atoms with Crippen molar-refractivity contribution in [2.24, 2.45) is 0 Å². The van der Waals surface area contributed by atoms with Crippen LogP contribution in [0, 0.1) is 0 Å². The number of nitrogens with zero attached hydrogens (tertiary/aromatic N) is 1. The van der Waals surface area contributed by atoms with Gasteiger partial charge in [-0.3, -0.25) is 0 Å². The number of rotatable bonds is 5. The molecular formula is C14H14F3NOSe. The average Bonchev–Trinajstić information content (AvgIpc) is 2.78. The van der Waals surface area contributed by atoms with Crippen molar-refractivity contribution in [2.45, 2.75) is 31.3 Å². The van der Waals surface area contributed by atoms with E-state index in [2.05, 4.69) is 5.16 Å². The molecule has 1 aromatic heterocycles. The van der Waals surface area contributed by atoms with E-state index in [1.54, 1.807) is 24.3 Å². The first-order valence-electron chi connectivity index (χ1n) is 6.31. The zero-order chi connectivity index (χ0) is 14.6.